The largest absolute Gasteiger partial charge is 0.394 e. The maximum absolute atomic E-state index is 10.4. The van der Waals surface area contributed by atoms with E-state index in [1.54, 1.807) is 0 Å². The van der Waals surface area contributed by atoms with E-state index >= 15 is 0 Å². The minimum atomic E-state index is -1.91. The van der Waals surface area contributed by atoms with Gasteiger partial charge in [0.2, 0.25) is 0 Å². The summed E-state index contributed by atoms with van der Waals surface area (Å²) in [6.07, 6.45) is -25.0. The summed E-state index contributed by atoms with van der Waals surface area (Å²) in [5.41, 5.74) is 0. The number of hydrogen-bond acceptors (Lipinski definition) is 16. The second kappa shape index (κ2) is 11.6. The van der Waals surface area contributed by atoms with Crippen molar-refractivity contribution in [1.29, 1.82) is 0 Å². The Morgan fingerprint density at radius 2 is 1.00 bits per heavy atom. The van der Waals surface area contributed by atoms with Gasteiger partial charge in [-0.2, -0.15) is 0 Å². The Morgan fingerprint density at radius 3 is 1.53 bits per heavy atom. The van der Waals surface area contributed by atoms with Gasteiger partial charge in [-0.05, 0) is 0 Å². The lowest BCUT2D eigenvalue weighted by atomic mass is 9.97. The van der Waals surface area contributed by atoms with Crippen molar-refractivity contribution in [3.8, 4) is 0 Å². The molecule has 3 heterocycles. The highest BCUT2D eigenvalue weighted by Crippen LogP contribution is 2.30. The smallest absolute Gasteiger partial charge is 0.187 e. The van der Waals surface area contributed by atoms with Gasteiger partial charge in [-0.15, -0.1) is 0 Å². The number of ether oxygens (including phenoxy) is 5. The van der Waals surface area contributed by atoms with Gasteiger partial charge in [-0.1, -0.05) is 0 Å². The molecule has 11 N–H and O–H groups in total. The van der Waals surface area contributed by atoms with Crippen molar-refractivity contribution in [2.75, 3.05) is 19.8 Å². The van der Waals surface area contributed by atoms with Crippen LogP contribution >= 0.6 is 0 Å². The Bertz CT molecular complexity index is 637. The zero-order valence-corrected chi connectivity index (χ0v) is 17.7. The van der Waals surface area contributed by atoms with Gasteiger partial charge in [-0.25, -0.2) is 0 Å². The van der Waals surface area contributed by atoms with Crippen LogP contribution in [0.1, 0.15) is 0 Å². The van der Waals surface area contributed by atoms with Gasteiger partial charge in [0, 0.05) is 0 Å². The van der Waals surface area contributed by atoms with Gasteiger partial charge in [0.05, 0.1) is 19.8 Å². The third-order valence-corrected chi connectivity index (χ3v) is 6.07. The molecule has 200 valence electrons. The monoisotopic (exact) mass is 504 g/mol. The molecule has 0 saturated carbocycles. The number of aliphatic hydroxyl groups excluding tert-OH is 11. The second-order valence-corrected chi connectivity index (χ2v) is 8.37. The molecule has 0 aromatic heterocycles. The minimum absolute atomic E-state index is 0.619. The van der Waals surface area contributed by atoms with E-state index < -0.39 is 112 Å². The normalized spacial score (nSPS) is 52.5. The molecule has 3 fully saturated rings. The van der Waals surface area contributed by atoms with Gasteiger partial charge in [0.15, 0.2) is 18.9 Å². The zero-order valence-electron chi connectivity index (χ0n) is 17.7. The molecule has 0 aromatic carbocycles. The first-order valence-electron chi connectivity index (χ1n) is 10.6. The molecule has 0 spiro atoms. The molecule has 3 aliphatic rings. The van der Waals surface area contributed by atoms with E-state index in [1.807, 2.05) is 0 Å². The Balaban J connectivity index is 1.72. The molecule has 16 heteroatoms. The maximum atomic E-state index is 10.4. The fourth-order valence-corrected chi connectivity index (χ4v) is 3.95. The lowest BCUT2D eigenvalue weighted by Gasteiger charge is -2.46. The van der Waals surface area contributed by atoms with E-state index in [1.165, 1.54) is 0 Å². The van der Waals surface area contributed by atoms with Crippen molar-refractivity contribution >= 4 is 0 Å². The molecule has 3 saturated heterocycles. The van der Waals surface area contributed by atoms with Crippen LogP contribution < -0.4 is 0 Å². The van der Waals surface area contributed by atoms with Crippen molar-refractivity contribution in [2.24, 2.45) is 0 Å². The van der Waals surface area contributed by atoms with Crippen LogP contribution in [0.2, 0.25) is 0 Å². The molecule has 0 amide bonds. The highest BCUT2D eigenvalue weighted by Gasteiger charge is 2.51. The average molecular weight is 504 g/mol. The molecule has 3 rings (SSSR count). The van der Waals surface area contributed by atoms with Crippen molar-refractivity contribution in [3.63, 3.8) is 0 Å². The minimum Gasteiger partial charge on any atom is -0.394 e. The van der Waals surface area contributed by atoms with Crippen LogP contribution in [0.4, 0.5) is 0 Å². The number of rotatable bonds is 7. The van der Waals surface area contributed by atoms with Crippen LogP contribution in [0, 0.1) is 0 Å². The van der Waals surface area contributed by atoms with Gasteiger partial charge < -0.3 is 79.9 Å². The second-order valence-electron chi connectivity index (χ2n) is 8.37. The Morgan fingerprint density at radius 1 is 0.500 bits per heavy atom. The summed E-state index contributed by atoms with van der Waals surface area (Å²) in [4.78, 5) is 0. The Hall–Kier alpha value is -0.640. The molecular formula is C18H32O16. The standard InChI is InChI=1S/C18H32O16/c19-1-4-7(21)9(23)13(27)17(32-4)30-3-6-15(11(25)12(26)16(29)31-6)34-18-14(28)10(24)8(22)5(2-20)33-18/h4-29H,1-3H2/t4-,5-,6-,7-,8-,9+,10+,11-,12-,13-,14-,15-,16?,17+,18-/m1/s1. The summed E-state index contributed by atoms with van der Waals surface area (Å²) in [5.74, 6) is 0. The summed E-state index contributed by atoms with van der Waals surface area (Å²) < 4.78 is 26.4. The summed E-state index contributed by atoms with van der Waals surface area (Å²) >= 11 is 0. The highest BCUT2D eigenvalue weighted by atomic mass is 16.7. The third kappa shape index (κ3) is 5.52. The van der Waals surface area contributed by atoms with Gasteiger partial charge in [0.1, 0.15) is 73.2 Å². The van der Waals surface area contributed by atoms with E-state index in [0.29, 0.717) is 0 Å². The summed E-state index contributed by atoms with van der Waals surface area (Å²) in [6.45, 7) is -2.08. The van der Waals surface area contributed by atoms with Crippen LogP contribution in [-0.2, 0) is 23.7 Å². The zero-order chi connectivity index (χ0) is 25.3. The summed E-state index contributed by atoms with van der Waals surface area (Å²) in [5, 5.41) is 109. The molecular weight excluding hydrogens is 472 g/mol. The van der Waals surface area contributed by atoms with E-state index in [4.69, 9.17) is 23.7 Å². The van der Waals surface area contributed by atoms with E-state index in [2.05, 4.69) is 0 Å². The van der Waals surface area contributed by atoms with Crippen LogP contribution in [0.3, 0.4) is 0 Å². The molecule has 3 aliphatic heterocycles. The van der Waals surface area contributed by atoms with Crippen molar-refractivity contribution in [1.82, 2.24) is 0 Å². The SMILES string of the molecule is OC[C@H]1O[C@H](OC[C@H]2OC(O)[C@H](O)[C@@H](O)[C@@H]2O[C@H]2O[C@H](CO)[C@@H](O)[C@H](O)[C@H]2O)[C@H](O)[C@@H](O)[C@@H]1O. The first-order chi connectivity index (χ1) is 16.0. The lowest BCUT2D eigenvalue weighted by molar-refractivity contribution is -0.363. The maximum Gasteiger partial charge on any atom is 0.187 e. The van der Waals surface area contributed by atoms with Crippen molar-refractivity contribution in [2.45, 2.75) is 92.1 Å². The van der Waals surface area contributed by atoms with Gasteiger partial charge in [0.25, 0.3) is 0 Å². The Kier molecular flexibility index (Phi) is 9.54. The average Bonchev–Trinajstić information content (AvgIpc) is 2.82. The summed E-state index contributed by atoms with van der Waals surface area (Å²) in [6, 6.07) is 0. The fourth-order valence-electron chi connectivity index (χ4n) is 3.95. The molecule has 34 heavy (non-hydrogen) atoms. The highest BCUT2D eigenvalue weighted by molar-refractivity contribution is 4.94. The van der Waals surface area contributed by atoms with E-state index in [-0.39, 0.29) is 0 Å². The van der Waals surface area contributed by atoms with E-state index in [0.717, 1.165) is 0 Å². The predicted octanol–water partition coefficient (Wildman–Crippen LogP) is -7.57. The van der Waals surface area contributed by atoms with Gasteiger partial charge >= 0.3 is 0 Å². The quantitative estimate of drug-likeness (QED) is 0.154. The first kappa shape index (κ1) is 27.9. The van der Waals surface area contributed by atoms with E-state index in [9.17, 15) is 56.2 Å². The molecule has 0 radical (unpaired) electrons. The van der Waals surface area contributed by atoms with Crippen molar-refractivity contribution in [3.05, 3.63) is 0 Å². The van der Waals surface area contributed by atoms with Crippen LogP contribution in [0.25, 0.3) is 0 Å². The van der Waals surface area contributed by atoms with Crippen molar-refractivity contribution < 1.29 is 79.9 Å². The summed E-state index contributed by atoms with van der Waals surface area (Å²) in [7, 11) is 0. The van der Waals surface area contributed by atoms with Crippen LogP contribution in [0.5, 0.6) is 0 Å². The topological polar surface area (TPSA) is 269 Å². The number of aliphatic hydroxyl groups is 11. The molecule has 15 atom stereocenters. The predicted molar refractivity (Wildman–Crippen MR) is 101 cm³/mol. The lowest BCUT2D eigenvalue weighted by Crippen LogP contribution is -2.65. The molecule has 1 unspecified atom stereocenters. The van der Waals surface area contributed by atoms with Gasteiger partial charge in [-0.3, -0.25) is 0 Å². The molecule has 16 nitrogen and oxygen atoms in total. The van der Waals surface area contributed by atoms with Crippen LogP contribution in [-0.4, -0.2) is 168 Å². The Labute approximate surface area is 192 Å². The third-order valence-electron chi connectivity index (χ3n) is 6.07. The number of hydrogen-bond donors (Lipinski definition) is 11. The fraction of sp³-hybridized carbons (Fsp3) is 1.00. The first-order valence-corrected chi connectivity index (χ1v) is 10.6. The molecule has 0 aliphatic carbocycles. The molecule has 0 aromatic rings. The molecule has 0 bridgehead atoms. The van der Waals surface area contributed by atoms with Crippen LogP contribution in [0.15, 0.2) is 0 Å².